The van der Waals surface area contributed by atoms with E-state index in [1.807, 2.05) is 72.8 Å². The van der Waals surface area contributed by atoms with Crippen molar-refractivity contribution in [3.8, 4) is 28.0 Å². The zero-order valence-corrected chi connectivity index (χ0v) is 17.7. The van der Waals surface area contributed by atoms with Gasteiger partial charge in [-0.2, -0.15) is 15.8 Å². The molecule has 0 radical (unpaired) electrons. The molecule has 31 heavy (non-hydrogen) atoms. The average molecular weight is 436 g/mol. The maximum Gasteiger partial charge on any atom is 0.195 e. The Morgan fingerprint density at radius 1 is 0.710 bits per heavy atom. The number of allylic oxidation sites excluding steroid dienone is 2. The number of para-hydroxylation sites is 2. The topological polar surface area (TPSA) is 87.5 Å². The quantitative estimate of drug-likeness (QED) is 0.327. The average Bonchev–Trinajstić information content (AvgIpc) is 3.49. The van der Waals surface area contributed by atoms with Crippen LogP contribution in [0.25, 0.3) is 15.3 Å². The highest BCUT2D eigenvalue weighted by atomic mass is 32.1. The van der Waals surface area contributed by atoms with Gasteiger partial charge in [0.25, 0.3) is 0 Å². The molecule has 0 unspecified atom stereocenters. The minimum atomic E-state index is -0.180. The molecule has 0 bridgehead atoms. The van der Waals surface area contributed by atoms with E-state index in [0.717, 1.165) is 26.3 Å². The number of nitrogens with zero attached hydrogens (tertiary/aromatic N) is 5. The second-order valence-corrected chi connectivity index (χ2v) is 8.36. The van der Waals surface area contributed by atoms with Gasteiger partial charge in [0.2, 0.25) is 0 Å². The van der Waals surface area contributed by atoms with Crippen molar-refractivity contribution >= 4 is 44.8 Å². The summed E-state index contributed by atoms with van der Waals surface area (Å²) in [4.78, 5) is 9.20. The van der Waals surface area contributed by atoms with Gasteiger partial charge in [-0.25, -0.2) is 4.98 Å². The van der Waals surface area contributed by atoms with E-state index >= 15 is 0 Å². The maximum absolute atomic E-state index is 9.40. The zero-order valence-electron chi connectivity index (χ0n) is 16.1. The third-order valence-corrected chi connectivity index (χ3v) is 6.68. The first-order valence-electron chi connectivity index (χ1n) is 9.16. The van der Waals surface area contributed by atoms with Crippen LogP contribution in [-0.2, 0) is 0 Å². The molecule has 146 valence electrons. The third-order valence-electron chi connectivity index (χ3n) is 4.39. The SMILES string of the molecule is N#CC(C#N)=C(C#N)c1ccc(-c2cnc(N(c3ccccc3)c3ccccc3)s2)s1. The van der Waals surface area contributed by atoms with Crippen molar-refractivity contribution in [3.63, 3.8) is 0 Å². The van der Waals surface area contributed by atoms with Crippen LogP contribution in [0.3, 0.4) is 0 Å². The monoisotopic (exact) mass is 435 g/mol. The first-order valence-corrected chi connectivity index (χ1v) is 10.8. The summed E-state index contributed by atoms with van der Waals surface area (Å²) in [7, 11) is 0. The van der Waals surface area contributed by atoms with Crippen molar-refractivity contribution in [2.24, 2.45) is 0 Å². The Morgan fingerprint density at radius 3 is 1.87 bits per heavy atom. The molecule has 5 nitrogen and oxygen atoms in total. The van der Waals surface area contributed by atoms with Crippen molar-refractivity contribution in [1.82, 2.24) is 4.98 Å². The fraction of sp³-hybridized carbons (Fsp3) is 0. The smallest absolute Gasteiger partial charge is 0.195 e. The van der Waals surface area contributed by atoms with Crippen molar-refractivity contribution in [2.45, 2.75) is 0 Å². The number of benzene rings is 2. The van der Waals surface area contributed by atoms with Gasteiger partial charge < -0.3 is 0 Å². The molecule has 4 aromatic rings. The molecule has 4 rings (SSSR count). The van der Waals surface area contributed by atoms with Crippen LogP contribution >= 0.6 is 22.7 Å². The van der Waals surface area contributed by atoms with E-state index in [9.17, 15) is 5.26 Å². The first kappa shape index (κ1) is 20.1. The van der Waals surface area contributed by atoms with E-state index < -0.39 is 0 Å². The van der Waals surface area contributed by atoms with Crippen LogP contribution in [0.1, 0.15) is 4.88 Å². The molecule has 0 saturated heterocycles. The molecular weight excluding hydrogens is 422 g/mol. The van der Waals surface area contributed by atoms with Crippen molar-refractivity contribution in [3.05, 3.63) is 89.4 Å². The lowest BCUT2D eigenvalue weighted by atomic mass is 10.1. The fourth-order valence-corrected chi connectivity index (χ4v) is 5.02. The molecule has 0 N–H and O–H groups in total. The Kier molecular flexibility index (Phi) is 5.87. The molecule has 0 aliphatic heterocycles. The van der Waals surface area contributed by atoms with E-state index in [0.29, 0.717) is 4.88 Å². The molecule has 7 heteroatoms. The lowest BCUT2D eigenvalue weighted by Gasteiger charge is -2.22. The normalized spacial score (nSPS) is 9.84. The number of thiophene rings is 1. The molecule has 2 aromatic carbocycles. The number of aromatic nitrogens is 1. The van der Waals surface area contributed by atoms with Gasteiger partial charge in [0.05, 0.1) is 10.5 Å². The van der Waals surface area contributed by atoms with Crippen LogP contribution in [0.15, 0.2) is 84.6 Å². The van der Waals surface area contributed by atoms with Gasteiger partial charge in [0, 0.05) is 27.3 Å². The van der Waals surface area contributed by atoms with E-state index in [-0.39, 0.29) is 11.1 Å². The highest BCUT2D eigenvalue weighted by Gasteiger charge is 2.18. The van der Waals surface area contributed by atoms with E-state index in [2.05, 4.69) is 9.88 Å². The van der Waals surface area contributed by atoms with Crippen molar-refractivity contribution in [1.29, 1.82) is 15.8 Å². The highest BCUT2D eigenvalue weighted by Crippen LogP contribution is 2.42. The molecule has 0 aliphatic carbocycles. The van der Waals surface area contributed by atoms with Gasteiger partial charge in [-0.3, -0.25) is 4.90 Å². The Hall–Kier alpha value is -4.22. The Morgan fingerprint density at radius 2 is 1.32 bits per heavy atom. The van der Waals surface area contributed by atoms with E-state index in [4.69, 9.17) is 10.5 Å². The Labute approximate surface area is 187 Å². The van der Waals surface area contributed by atoms with Crippen LogP contribution in [0, 0.1) is 34.0 Å². The predicted molar refractivity (Wildman–Crippen MR) is 124 cm³/mol. The van der Waals surface area contributed by atoms with Gasteiger partial charge in [0.15, 0.2) is 5.13 Å². The molecule has 2 aromatic heterocycles. The van der Waals surface area contributed by atoms with Gasteiger partial charge in [-0.15, -0.1) is 11.3 Å². The summed E-state index contributed by atoms with van der Waals surface area (Å²) in [5.41, 5.74) is 1.93. The first-order chi connectivity index (χ1) is 15.2. The minimum Gasteiger partial charge on any atom is -0.286 e. The molecule has 0 fully saturated rings. The molecule has 2 heterocycles. The Balaban J connectivity index is 1.74. The number of thiazole rings is 1. The minimum absolute atomic E-state index is 0.0983. The second kappa shape index (κ2) is 9.07. The standard InChI is InChI=1S/C24H13N5S2/c25-13-17(14-26)20(15-27)21-11-12-22(30-21)23-16-28-24(31-23)29(18-7-3-1-4-8-18)19-9-5-2-6-10-19/h1-12,16H. The molecule has 0 amide bonds. The number of hydrogen-bond acceptors (Lipinski definition) is 7. The second-order valence-electron chi connectivity index (χ2n) is 6.26. The number of nitriles is 3. The van der Waals surface area contributed by atoms with Crippen molar-refractivity contribution in [2.75, 3.05) is 4.90 Å². The summed E-state index contributed by atoms with van der Waals surface area (Å²) < 4.78 is 0. The highest BCUT2D eigenvalue weighted by molar-refractivity contribution is 7.24. The molecule has 0 saturated carbocycles. The van der Waals surface area contributed by atoms with E-state index in [1.165, 1.54) is 22.7 Å². The summed E-state index contributed by atoms with van der Waals surface area (Å²) in [6.07, 6.45) is 1.81. The maximum atomic E-state index is 9.40. The number of rotatable bonds is 5. The zero-order chi connectivity index (χ0) is 21.6. The van der Waals surface area contributed by atoms with Crippen LogP contribution in [0.4, 0.5) is 16.5 Å². The lowest BCUT2D eigenvalue weighted by molar-refractivity contribution is 1.23. The summed E-state index contributed by atoms with van der Waals surface area (Å²) >= 11 is 2.90. The van der Waals surface area contributed by atoms with E-state index in [1.54, 1.807) is 24.4 Å². The summed E-state index contributed by atoms with van der Waals surface area (Å²) in [5, 5.41) is 28.4. The number of hydrogen-bond donors (Lipinski definition) is 0. The number of anilines is 3. The van der Waals surface area contributed by atoms with Gasteiger partial charge in [-0.1, -0.05) is 47.7 Å². The van der Waals surface area contributed by atoms with Crippen LogP contribution in [0.5, 0.6) is 0 Å². The summed E-state index contributed by atoms with van der Waals surface area (Å²) in [6.45, 7) is 0. The summed E-state index contributed by atoms with van der Waals surface area (Å²) in [5.74, 6) is 0. The predicted octanol–water partition coefficient (Wildman–Crippen LogP) is 6.67. The molecule has 0 aliphatic rings. The van der Waals surface area contributed by atoms with Crippen LogP contribution in [0.2, 0.25) is 0 Å². The van der Waals surface area contributed by atoms with Gasteiger partial charge in [0.1, 0.15) is 23.8 Å². The molecular formula is C24H13N5S2. The third kappa shape index (κ3) is 4.08. The lowest BCUT2D eigenvalue weighted by Crippen LogP contribution is -2.08. The van der Waals surface area contributed by atoms with Gasteiger partial charge >= 0.3 is 0 Å². The van der Waals surface area contributed by atoms with Crippen molar-refractivity contribution < 1.29 is 0 Å². The molecule has 0 spiro atoms. The largest absolute Gasteiger partial charge is 0.286 e. The van der Waals surface area contributed by atoms with Crippen LogP contribution < -0.4 is 4.90 Å². The Bertz CT molecular complexity index is 1310. The van der Waals surface area contributed by atoms with Crippen LogP contribution in [-0.4, -0.2) is 4.98 Å². The fourth-order valence-electron chi connectivity index (χ4n) is 2.98. The van der Waals surface area contributed by atoms with Gasteiger partial charge in [-0.05, 0) is 36.4 Å². The summed E-state index contributed by atoms with van der Waals surface area (Å²) in [6, 6.07) is 29.3. The molecule has 0 atom stereocenters.